The molecule has 0 unspecified atom stereocenters. The van der Waals surface area contributed by atoms with Gasteiger partial charge in [-0.25, -0.2) is 0 Å². The van der Waals surface area contributed by atoms with Crippen molar-refractivity contribution in [3.8, 4) is 0 Å². The van der Waals surface area contributed by atoms with Crippen LogP contribution in [0.2, 0.25) is 0 Å². The van der Waals surface area contributed by atoms with Crippen LogP contribution in [0.3, 0.4) is 0 Å². The Bertz CT molecular complexity index is 206. The summed E-state index contributed by atoms with van der Waals surface area (Å²) in [7, 11) is 2.13. The summed E-state index contributed by atoms with van der Waals surface area (Å²) in [5.41, 5.74) is 0. The molecule has 0 bridgehead atoms. The van der Waals surface area contributed by atoms with E-state index in [9.17, 15) is 4.79 Å². The number of hydrogen-bond donors (Lipinski definition) is 0. The van der Waals surface area contributed by atoms with Crippen LogP contribution in [0.15, 0.2) is 0 Å². The topological polar surface area (TPSA) is 23.6 Å². The zero-order valence-corrected chi connectivity index (χ0v) is 14.7. The Balaban J connectivity index is 0. The quantitative estimate of drug-likeness (QED) is 0.625. The Hall–Kier alpha value is 0.118. The normalized spacial score (nSPS) is 14.1. The molecule has 1 heterocycles. The van der Waals surface area contributed by atoms with E-state index in [1.165, 1.54) is 6.42 Å². The minimum absolute atomic E-state index is 0. The zero-order chi connectivity index (χ0) is 11.3. The first kappa shape index (κ1) is 19.5. The van der Waals surface area contributed by atoms with Crippen LogP contribution < -0.4 is 0 Å². The second kappa shape index (κ2) is 10.1. The molecule has 1 aliphatic heterocycles. The molecule has 0 radical (unpaired) electrons. The van der Waals surface area contributed by atoms with E-state index in [1.54, 1.807) is 0 Å². The number of hydrogen-bond acceptors (Lipinski definition) is 2. The predicted octanol–water partition coefficient (Wildman–Crippen LogP) is 2.03. The second-order valence-electron chi connectivity index (χ2n) is 4.99. The molecule has 0 atom stereocenters. The maximum absolute atomic E-state index is 11.5. The molecule has 0 aromatic heterocycles. The SMILES string of the molecule is CC(C)CN(C)CCCC(=O)N1CCC1.[CH3-].[W]. The molecule has 0 aromatic rings. The molecule has 1 saturated heterocycles. The third-order valence-electron chi connectivity index (χ3n) is 2.82. The van der Waals surface area contributed by atoms with E-state index < -0.39 is 0 Å². The standard InChI is InChI=1S/C12H24N2O.CH3.W/c1-11(2)10-13(3)7-4-6-12(15)14-8-5-9-14;;/h11H,4-10H2,1-3H3;1H3;/q;-1;. The molecule has 17 heavy (non-hydrogen) atoms. The summed E-state index contributed by atoms with van der Waals surface area (Å²) in [4.78, 5) is 15.8. The Morgan fingerprint density at radius 1 is 1.35 bits per heavy atom. The van der Waals surface area contributed by atoms with Crippen molar-refractivity contribution in [2.75, 3.05) is 33.2 Å². The predicted molar refractivity (Wildman–Crippen MR) is 69.2 cm³/mol. The fraction of sp³-hybridized carbons (Fsp3) is 0.846. The Morgan fingerprint density at radius 3 is 2.35 bits per heavy atom. The van der Waals surface area contributed by atoms with E-state index in [-0.39, 0.29) is 28.5 Å². The van der Waals surface area contributed by atoms with E-state index in [4.69, 9.17) is 0 Å². The van der Waals surface area contributed by atoms with Crippen LogP contribution in [-0.4, -0.2) is 48.9 Å². The molecule has 0 saturated carbocycles. The average molecular weight is 411 g/mol. The molecule has 4 heteroatoms. The van der Waals surface area contributed by atoms with Crippen LogP contribution in [0.25, 0.3) is 0 Å². The van der Waals surface area contributed by atoms with Crippen molar-refractivity contribution in [3.63, 3.8) is 0 Å². The summed E-state index contributed by atoms with van der Waals surface area (Å²) < 4.78 is 0. The van der Waals surface area contributed by atoms with Gasteiger partial charge in [0.25, 0.3) is 0 Å². The van der Waals surface area contributed by atoms with Crippen molar-refractivity contribution >= 4 is 5.91 Å². The van der Waals surface area contributed by atoms with Crippen LogP contribution in [-0.2, 0) is 25.9 Å². The molecule has 0 spiro atoms. The van der Waals surface area contributed by atoms with E-state index in [2.05, 4.69) is 25.8 Å². The summed E-state index contributed by atoms with van der Waals surface area (Å²) in [6.07, 6.45) is 2.92. The van der Waals surface area contributed by atoms with Gasteiger partial charge in [0.15, 0.2) is 0 Å². The van der Waals surface area contributed by atoms with E-state index in [1.807, 2.05) is 4.90 Å². The molecule has 0 aromatic carbocycles. The number of amides is 1. The van der Waals surface area contributed by atoms with Gasteiger partial charge in [-0.1, -0.05) is 13.8 Å². The molecule has 102 valence electrons. The van der Waals surface area contributed by atoms with Crippen molar-refractivity contribution in [3.05, 3.63) is 7.43 Å². The van der Waals surface area contributed by atoms with Gasteiger partial charge in [0.2, 0.25) is 5.91 Å². The molecule has 1 amide bonds. The van der Waals surface area contributed by atoms with Crippen LogP contribution >= 0.6 is 0 Å². The molecule has 1 fully saturated rings. The number of carbonyl (C=O) groups is 1. The van der Waals surface area contributed by atoms with Gasteiger partial charge in [-0.15, -0.1) is 0 Å². The van der Waals surface area contributed by atoms with E-state index >= 15 is 0 Å². The maximum atomic E-state index is 11.5. The van der Waals surface area contributed by atoms with Gasteiger partial charge in [0.05, 0.1) is 0 Å². The maximum Gasteiger partial charge on any atom is 0.222 e. The largest absolute Gasteiger partial charge is 0.358 e. The Morgan fingerprint density at radius 2 is 1.94 bits per heavy atom. The van der Waals surface area contributed by atoms with E-state index in [0.29, 0.717) is 11.8 Å². The minimum Gasteiger partial charge on any atom is -0.358 e. The van der Waals surface area contributed by atoms with Gasteiger partial charge in [0, 0.05) is 47.1 Å². The first-order valence-corrected chi connectivity index (χ1v) is 6.06. The van der Waals surface area contributed by atoms with Crippen LogP contribution in [0, 0.1) is 13.3 Å². The summed E-state index contributed by atoms with van der Waals surface area (Å²) in [5.74, 6) is 1.06. The monoisotopic (exact) mass is 411 g/mol. The number of nitrogens with zero attached hydrogens (tertiary/aromatic N) is 2. The van der Waals surface area contributed by atoms with Gasteiger partial charge in [0.1, 0.15) is 0 Å². The number of likely N-dealkylation sites (tertiary alicyclic amines) is 1. The molecule has 1 rings (SSSR count). The van der Waals surface area contributed by atoms with Crippen LogP contribution in [0.5, 0.6) is 0 Å². The van der Waals surface area contributed by atoms with Crippen molar-refractivity contribution in [1.29, 1.82) is 0 Å². The van der Waals surface area contributed by atoms with Gasteiger partial charge in [-0.3, -0.25) is 4.79 Å². The second-order valence-corrected chi connectivity index (χ2v) is 4.99. The number of rotatable bonds is 6. The van der Waals surface area contributed by atoms with Crippen LogP contribution in [0.1, 0.15) is 33.1 Å². The van der Waals surface area contributed by atoms with Crippen molar-refractivity contribution in [2.24, 2.45) is 5.92 Å². The minimum atomic E-state index is 0. The molecule has 1 aliphatic rings. The number of carbonyl (C=O) groups excluding carboxylic acids is 1. The Kier molecular flexibility index (Phi) is 11.5. The van der Waals surface area contributed by atoms with Gasteiger partial charge < -0.3 is 17.2 Å². The fourth-order valence-corrected chi connectivity index (χ4v) is 1.94. The molecule has 0 N–H and O–H groups in total. The first-order valence-electron chi connectivity index (χ1n) is 6.06. The molecule has 3 nitrogen and oxygen atoms in total. The van der Waals surface area contributed by atoms with Crippen molar-refractivity contribution < 1.29 is 25.9 Å². The van der Waals surface area contributed by atoms with Gasteiger partial charge in [-0.05, 0) is 32.4 Å². The summed E-state index contributed by atoms with van der Waals surface area (Å²) in [6.45, 7) is 8.58. The van der Waals surface area contributed by atoms with Crippen LogP contribution in [0.4, 0.5) is 0 Å². The summed E-state index contributed by atoms with van der Waals surface area (Å²) in [6, 6.07) is 0. The van der Waals surface area contributed by atoms with Crippen molar-refractivity contribution in [1.82, 2.24) is 9.80 Å². The van der Waals surface area contributed by atoms with Crippen molar-refractivity contribution in [2.45, 2.75) is 33.1 Å². The van der Waals surface area contributed by atoms with Gasteiger partial charge in [-0.2, -0.15) is 0 Å². The average Bonchev–Trinajstić information content (AvgIpc) is 1.98. The van der Waals surface area contributed by atoms with Gasteiger partial charge >= 0.3 is 0 Å². The molecular weight excluding hydrogens is 384 g/mol. The third kappa shape index (κ3) is 7.94. The molecule has 0 aliphatic carbocycles. The smallest absolute Gasteiger partial charge is 0.222 e. The Labute approximate surface area is 121 Å². The van der Waals surface area contributed by atoms with E-state index in [0.717, 1.165) is 39.0 Å². The zero-order valence-electron chi connectivity index (χ0n) is 11.7. The summed E-state index contributed by atoms with van der Waals surface area (Å²) >= 11 is 0. The molecular formula is C13H27N2OW-. The third-order valence-corrected chi connectivity index (χ3v) is 2.82. The summed E-state index contributed by atoms with van der Waals surface area (Å²) in [5, 5.41) is 0. The fourth-order valence-electron chi connectivity index (χ4n) is 1.94. The first-order chi connectivity index (χ1) is 7.09.